The summed E-state index contributed by atoms with van der Waals surface area (Å²) in [6, 6.07) is 17.3. The van der Waals surface area contributed by atoms with Crippen LogP contribution in [0.15, 0.2) is 76.7 Å². The molecule has 222 valence electrons. The average molecular weight is 611 g/mol. The van der Waals surface area contributed by atoms with Gasteiger partial charge in [0.2, 0.25) is 15.2 Å². The van der Waals surface area contributed by atoms with E-state index in [2.05, 4.69) is 10.1 Å². The molecule has 0 radical (unpaired) electrons. The topological polar surface area (TPSA) is 92.2 Å². The van der Waals surface area contributed by atoms with Gasteiger partial charge in [-0.25, -0.2) is 17.8 Å². The molecule has 0 spiro atoms. The van der Waals surface area contributed by atoms with Crippen LogP contribution in [-0.2, 0) is 10.0 Å². The van der Waals surface area contributed by atoms with Crippen molar-refractivity contribution in [3.8, 4) is 5.75 Å². The Morgan fingerprint density at radius 3 is 2.24 bits per heavy atom. The fourth-order valence-corrected chi connectivity index (χ4v) is 6.95. The number of anilines is 1. The number of aromatic nitrogens is 1. The second-order valence-electron chi connectivity index (χ2n) is 10.6. The lowest BCUT2D eigenvalue weighted by Gasteiger charge is -2.25. The average Bonchev–Trinajstić information content (AvgIpc) is 3.36. The van der Waals surface area contributed by atoms with Gasteiger partial charge in [0, 0.05) is 18.7 Å². The minimum Gasteiger partial charge on any atom is -0.494 e. The molecule has 1 aromatic heterocycles. The highest BCUT2D eigenvalue weighted by Gasteiger charge is 2.27. The van der Waals surface area contributed by atoms with E-state index in [4.69, 9.17) is 4.74 Å². The second kappa shape index (κ2) is 13.5. The van der Waals surface area contributed by atoms with E-state index in [1.165, 1.54) is 46.9 Å². The van der Waals surface area contributed by atoms with Crippen molar-refractivity contribution in [3.63, 3.8) is 0 Å². The molecule has 11 heteroatoms. The predicted molar refractivity (Wildman–Crippen MR) is 166 cm³/mol. The van der Waals surface area contributed by atoms with Gasteiger partial charge in [0.15, 0.2) is 0 Å². The summed E-state index contributed by atoms with van der Waals surface area (Å²) < 4.78 is 48.3. The van der Waals surface area contributed by atoms with Gasteiger partial charge in [0.05, 0.1) is 27.9 Å². The molecule has 3 aromatic carbocycles. The maximum atomic E-state index is 13.9. The zero-order valence-electron chi connectivity index (χ0n) is 24.3. The van der Waals surface area contributed by atoms with Gasteiger partial charge in [-0.05, 0) is 91.1 Å². The Kier molecular flexibility index (Phi) is 10.1. The number of amides is 1. The number of carbonyl (C=O) groups is 1. The minimum atomic E-state index is -3.76. The zero-order chi connectivity index (χ0) is 30.4. The molecule has 0 N–H and O–H groups in total. The van der Waals surface area contributed by atoms with Gasteiger partial charge in [-0.15, -0.1) is 0 Å². The largest absolute Gasteiger partial charge is 0.494 e. The molecule has 0 bridgehead atoms. The molecular formula is C31H35FN4O4S2. The Balaban J connectivity index is 1.67. The first-order valence-corrected chi connectivity index (χ1v) is 16.0. The lowest BCUT2D eigenvalue weighted by atomic mass is 10.2. The molecular weight excluding hydrogens is 575 g/mol. The molecule has 4 rings (SSSR count). The summed E-state index contributed by atoms with van der Waals surface area (Å²) >= 11 is 1.13. The van der Waals surface area contributed by atoms with Crippen LogP contribution in [-0.4, -0.2) is 49.5 Å². The van der Waals surface area contributed by atoms with E-state index in [9.17, 15) is 17.6 Å². The number of hydrogen-bond acceptors (Lipinski definition) is 7. The SMILES string of the molecule is CCOc1ccc(/C=N/N(C(=O)c2ccc(S(=O)(=O)N(CC(C)C)CC(C)C)cc2)c2nc3ccc(F)cc3s2)cc1. The van der Waals surface area contributed by atoms with E-state index >= 15 is 0 Å². The molecule has 8 nitrogen and oxygen atoms in total. The first-order valence-electron chi connectivity index (χ1n) is 13.8. The van der Waals surface area contributed by atoms with Gasteiger partial charge in [0.1, 0.15) is 11.6 Å². The number of hydrogen-bond donors (Lipinski definition) is 0. The lowest BCUT2D eigenvalue weighted by molar-refractivity contribution is 0.0987. The van der Waals surface area contributed by atoms with Crippen LogP contribution in [0, 0.1) is 17.7 Å². The van der Waals surface area contributed by atoms with Crippen LogP contribution >= 0.6 is 11.3 Å². The van der Waals surface area contributed by atoms with Crippen LogP contribution in [0.1, 0.15) is 50.5 Å². The summed E-state index contributed by atoms with van der Waals surface area (Å²) in [6.45, 7) is 11.1. The van der Waals surface area contributed by atoms with Gasteiger partial charge >= 0.3 is 0 Å². The van der Waals surface area contributed by atoms with E-state index in [1.54, 1.807) is 18.2 Å². The van der Waals surface area contributed by atoms with E-state index < -0.39 is 21.7 Å². The molecule has 0 aliphatic carbocycles. The molecule has 0 aliphatic rings. The quantitative estimate of drug-likeness (QED) is 0.130. The monoisotopic (exact) mass is 610 g/mol. The molecule has 4 aromatic rings. The normalized spacial score (nSPS) is 12.2. The number of ether oxygens (including phenoxy) is 1. The number of hydrazone groups is 1. The Morgan fingerprint density at radius 2 is 1.64 bits per heavy atom. The van der Waals surface area contributed by atoms with E-state index in [0.29, 0.717) is 35.7 Å². The first-order chi connectivity index (χ1) is 20.0. The number of nitrogens with zero attached hydrogens (tertiary/aromatic N) is 4. The highest BCUT2D eigenvalue weighted by atomic mass is 32.2. The summed E-state index contributed by atoms with van der Waals surface area (Å²) in [6.07, 6.45) is 1.52. The summed E-state index contributed by atoms with van der Waals surface area (Å²) in [5, 5.41) is 5.84. The van der Waals surface area contributed by atoms with Crippen LogP contribution in [0.2, 0.25) is 0 Å². The third-order valence-electron chi connectivity index (χ3n) is 6.10. The highest BCUT2D eigenvalue weighted by Crippen LogP contribution is 2.31. The fourth-order valence-electron chi connectivity index (χ4n) is 4.23. The second-order valence-corrected chi connectivity index (χ2v) is 13.6. The Hall–Kier alpha value is -3.67. The third kappa shape index (κ3) is 7.58. The van der Waals surface area contributed by atoms with Crippen molar-refractivity contribution >= 4 is 48.8 Å². The van der Waals surface area contributed by atoms with Gasteiger partial charge in [0.25, 0.3) is 5.91 Å². The predicted octanol–water partition coefficient (Wildman–Crippen LogP) is 6.82. The van der Waals surface area contributed by atoms with Gasteiger partial charge in [-0.3, -0.25) is 4.79 Å². The van der Waals surface area contributed by atoms with Crippen molar-refractivity contribution in [2.24, 2.45) is 16.9 Å². The maximum Gasteiger partial charge on any atom is 0.280 e. The standard InChI is InChI=1S/C31H35FN4O4S2/c1-6-40-26-12-7-23(8-13-26)18-33-36(31-34-28-16-11-25(32)17-29(28)41-31)30(37)24-9-14-27(15-10-24)42(38,39)35(19-21(2)3)20-22(4)5/h7-18,21-22H,6,19-20H2,1-5H3/b33-18+. The van der Waals surface area contributed by atoms with Crippen LogP contribution in [0.5, 0.6) is 5.75 Å². The summed E-state index contributed by atoms with van der Waals surface area (Å²) in [5.74, 6) is 0.106. The van der Waals surface area contributed by atoms with Crippen molar-refractivity contribution in [3.05, 3.63) is 83.7 Å². The fraction of sp³-hybridized carbons (Fsp3) is 0.323. The zero-order valence-corrected chi connectivity index (χ0v) is 26.0. The molecule has 0 aliphatic heterocycles. The molecule has 42 heavy (non-hydrogen) atoms. The number of sulfonamides is 1. The van der Waals surface area contributed by atoms with Gasteiger partial charge in [-0.2, -0.15) is 14.4 Å². The molecule has 1 amide bonds. The van der Waals surface area contributed by atoms with Crippen LogP contribution in [0.25, 0.3) is 10.2 Å². The molecule has 0 unspecified atom stereocenters. The highest BCUT2D eigenvalue weighted by molar-refractivity contribution is 7.89. The van der Waals surface area contributed by atoms with Gasteiger partial charge in [-0.1, -0.05) is 39.0 Å². The van der Waals surface area contributed by atoms with Crippen molar-refractivity contribution in [1.29, 1.82) is 0 Å². The lowest BCUT2D eigenvalue weighted by Crippen LogP contribution is -2.37. The van der Waals surface area contributed by atoms with Crippen molar-refractivity contribution in [2.75, 3.05) is 24.7 Å². The van der Waals surface area contributed by atoms with Crippen LogP contribution in [0.3, 0.4) is 0 Å². The minimum absolute atomic E-state index is 0.111. The van der Waals surface area contributed by atoms with Crippen molar-refractivity contribution in [2.45, 2.75) is 39.5 Å². The maximum absolute atomic E-state index is 13.9. The Labute approximate surface area is 250 Å². The number of benzene rings is 3. The molecule has 0 saturated heterocycles. The first kappa shape index (κ1) is 31.3. The van der Waals surface area contributed by atoms with E-state index in [1.807, 2.05) is 46.8 Å². The van der Waals surface area contributed by atoms with Crippen molar-refractivity contribution in [1.82, 2.24) is 9.29 Å². The number of fused-ring (bicyclic) bond motifs is 1. The molecule has 0 atom stereocenters. The Morgan fingerprint density at radius 1 is 1.00 bits per heavy atom. The smallest absolute Gasteiger partial charge is 0.280 e. The Bertz CT molecular complexity index is 1640. The van der Waals surface area contributed by atoms with E-state index in [0.717, 1.165) is 21.9 Å². The van der Waals surface area contributed by atoms with Crippen LogP contribution < -0.4 is 9.75 Å². The number of rotatable bonds is 12. The molecule has 0 fully saturated rings. The van der Waals surface area contributed by atoms with Crippen molar-refractivity contribution < 1.29 is 22.3 Å². The number of halogens is 1. The third-order valence-corrected chi connectivity index (χ3v) is 8.94. The summed E-state index contributed by atoms with van der Waals surface area (Å²) in [4.78, 5) is 18.4. The molecule has 1 heterocycles. The summed E-state index contributed by atoms with van der Waals surface area (Å²) in [7, 11) is -3.76. The van der Waals surface area contributed by atoms with E-state index in [-0.39, 0.29) is 27.4 Å². The van der Waals surface area contributed by atoms with Gasteiger partial charge < -0.3 is 4.74 Å². The molecule has 0 saturated carbocycles. The number of thiazole rings is 1. The summed E-state index contributed by atoms with van der Waals surface area (Å²) in [5.41, 5.74) is 1.48. The number of carbonyl (C=O) groups excluding carboxylic acids is 1. The van der Waals surface area contributed by atoms with Crippen LogP contribution in [0.4, 0.5) is 9.52 Å².